The van der Waals surface area contributed by atoms with Crippen molar-refractivity contribution in [2.75, 3.05) is 26.3 Å². The third kappa shape index (κ3) is 2.82. The molecule has 0 unspecified atom stereocenters. The van der Waals surface area contributed by atoms with Crippen molar-refractivity contribution >= 4 is 34.9 Å². The topological polar surface area (TPSA) is 67.1 Å². The molecule has 1 aromatic heterocycles. The molecular weight excluding hydrogens is 326 g/mol. The Balaban J connectivity index is 1.64. The van der Waals surface area contributed by atoms with Crippen LogP contribution in [-0.2, 0) is 11.4 Å². The maximum absolute atomic E-state index is 12.3. The highest BCUT2D eigenvalue weighted by molar-refractivity contribution is 7.10. The lowest BCUT2D eigenvalue weighted by atomic mass is 10.1. The van der Waals surface area contributed by atoms with Gasteiger partial charge >= 0.3 is 4.87 Å². The first kappa shape index (κ1) is 15.3. The van der Waals surface area contributed by atoms with E-state index in [9.17, 15) is 9.90 Å². The minimum Gasteiger partial charge on any atom is -0.493 e. The molecule has 124 valence electrons. The van der Waals surface area contributed by atoms with E-state index in [0.29, 0.717) is 24.8 Å². The number of hydrogen-bond acceptors (Lipinski definition) is 6. The van der Waals surface area contributed by atoms with Gasteiger partial charge in [0, 0.05) is 30.4 Å². The van der Waals surface area contributed by atoms with Crippen LogP contribution in [0.1, 0.15) is 10.4 Å². The molecule has 7 heteroatoms. The number of rotatable bonds is 3. The zero-order chi connectivity index (χ0) is 16.5. The number of thiazole rings is 1. The Morgan fingerprint density at radius 1 is 1.29 bits per heavy atom. The predicted molar refractivity (Wildman–Crippen MR) is 95.1 cm³/mol. The molecule has 1 fully saturated rings. The highest BCUT2D eigenvalue weighted by atomic mass is 32.1. The first-order valence-corrected chi connectivity index (χ1v) is 8.62. The third-order valence-electron chi connectivity index (χ3n) is 4.18. The minimum atomic E-state index is -0.158. The number of aliphatic imine (C=N–C) groups is 1. The van der Waals surface area contributed by atoms with E-state index in [1.54, 1.807) is 6.21 Å². The summed E-state index contributed by atoms with van der Waals surface area (Å²) in [6.07, 6.45) is 3.59. The van der Waals surface area contributed by atoms with Crippen molar-refractivity contribution in [3.63, 3.8) is 0 Å². The normalized spacial score (nSPS) is 19.1. The van der Waals surface area contributed by atoms with Crippen LogP contribution in [0.3, 0.4) is 0 Å². The molecule has 0 aliphatic carbocycles. The summed E-state index contributed by atoms with van der Waals surface area (Å²) in [4.78, 5) is 19.1. The number of allylic oxidation sites excluding steroid dienone is 1. The summed E-state index contributed by atoms with van der Waals surface area (Å²) in [7, 11) is 0. The van der Waals surface area contributed by atoms with Crippen LogP contribution in [-0.4, -0.2) is 47.1 Å². The Hall–Kier alpha value is -2.22. The lowest BCUT2D eigenvalue weighted by Gasteiger charge is -2.26. The van der Waals surface area contributed by atoms with Crippen molar-refractivity contribution in [1.29, 1.82) is 0 Å². The molecule has 2 aromatic rings. The molecular formula is C17H17N3O3S. The smallest absolute Gasteiger partial charge is 0.311 e. The second kappa shape index (κ2) is 6.35. The minimum absolute atomic E-state index is 0.0155. The molecule has 0 amide bonds. The van der Waals surface area contributed by atoms with Crippen LogP contribution in [0.5, 0.6) is 5.88 Å². The lowest BCUT2D eigenvalue weighted by molar-refractivity contribution is 0.0219. The Labute approximate surface area is 143 Å². The number of aromatic nitrogens is 1. The van der Waals surface area contributed by atoms with Crippen LogP contribution in [0.25, 0.3) is 11.6 Å². The van der Waals surface area contributed by atoms with E-state index in [1.165, 1.54) is 4.57 Å². The van der Waals surface area contributed by atoms with Gasteiger partial charge in [0.05, 0.1) is 30.4 Å². The van der Waals surface area contributed by atoms with Crippen molar-refractivity contribution in [2.24, 2.45) is 4.99 Å². The summed E-state index contributed by atoms with van der Waals surface area (Å²) in [6.45, 7) is 3.22. The van der Waals surface area contributed by atoms with Gasteiger partial charge in [-0.25, -0.2) is 0 Å². The molecule has 2 aliphatic rings. The van der Waals surface area contributed by atoms with Gasteiger partial charge in [-0.15, -0.1) is 0 Å². The van der Waals surface area contributed by atoms with Gasteiger partial charge in [-0.3, -0.25) is 19.3 Å². The Morgan fingerprint density at radius 2 is 2.08 bits per heavy atom. The summed E-state index contributed by atoms with van der Waals surface area (Å²) < 4.78 is 6.73. The van der Waals surface area contributed by atoms with Crippen molar-refractivity contribution < 1.29 is 9.84 Å². The van der Waals surface area contributed by atoms with Crippen LogP contribution in [0.4, 0.5) is 5.69 Å². The van der Waals surface area contributed by atoms with Gasteiger partial charge in [-0.05, 0) is 12.1 Å². The first-order chi connectivity index (χ1) is 11.7. The Kier molecular flexibility index (Phi) is 4.05. The van der Waals surface area contributed by atoms with Gasteiger partial charge in [0.1, 0.15) is 0 Å². The van der Waals surface area contributed by atoms with E-state index in [-0.39, 0.29) is 10.8 Å². The second-order valence-electron chi connectivity index (χ2n) is 5.73. The van der Waals surface area contributed by atoms with E-state index >= 15 is 0 Å². The Bertz CT molecular complexity index is 875. The van der Waals surface area contributed by atoms with Crippen LogP contribution in [0, 0.1) is 0 Å². The fourth-order valence-corrected chi connectivity index (χ4v) is 3.70. The monoisotopic (exact) mass is 343 g/mol. The van der Waals surface area contributed by atoms with Crippen LogP contribution < -0.4 is 4.87 Å². The van der Waals surface area contributed by atoms with E-state index in [2.05, 4.69) is 9.89 Å². The van der Waals surface area contributed by atoms with Crippen LogP contribution >= 0.6 is 11.3 Å². The first-order valence-electron chi connectivity index (χ1n) is 7.80. The van der Waals surface area contributed by atoms with Gasteiger partial charge in [-0.1, -0.05) is 29.5 Å². The molecule has 0 radical (unpaired) electrons. The standard InChI is InChI=1S/C17H17N3O3S/c21-16-15(9-12-10-18-14-4-2-1-3-13(12)14)24-17(22)20(16)11-19-5-7-23-8-6-19/h1-4,9-10,21H,5-8,11H2/b12-9+. The number of nitrogens with zero attached hydrogens (tertiary/aromatic N) is 3. The van der Waals surface area contributed by atoms with Crippen molar-refractivity contribution in [1.82, 2.24) is 9.47 Å². The maximum atomic E-state index is 12.3. The average Bonchev–Trinajstić information content (AvgIpc) is 3.13. The number of ether oxygens (including phenoxy) is 1. The van der Waals surface area contributed by atoms with Gasteiger partial charge in [0.2, 0.25) is 5.88 Å². The van der Waals surface area contributed by atoms with E-state index in [1.807, 2.05) is 30.3 Å². The van der Waals surface area contributed by atoms with E-state index in [4.69, 9.17) is 4.74 Å². The molecule has 1 N–H and O–H groups in total. The summed E-state index contributed by atoms with van der Waals surface area (Å²) >= 11 is 1.05. The molecule has 0 spiro atoms. The van der Waals surface area contributed by atoms with E-state index in [0.717, 1.165) is 41.3 Å². The molecule has 4 rings (SSSR count). The quantitative estimate of drug-likeness (QED) is 0.927. The zero-order valence-electron chi connectivity index (χ0n) is 13.0. The van der Waals surface area contributed by atoms with Crippen molar-refractivity contribution in [3.8, 4) is 5.88 Å². The maximum Gasteiger partial charge on any atom is 0.311 e. The molecule has 6 nitrogen and oxygen atoms in total. The lowest BCUT2D eigenvalue weighted by Crippen LogP contribution is -2.39. The summed E-state index contributed by atoms with van der Waals surface area (Å²) in [5, 5.41) is 10.5. The fourth-order valence-electron chi connectivity index (χ4n) is 2.87. The summed E-state index contributed by atoms with van der Waals surface area (Å²) in [6, 6.07) is 7.82. The third-order valence-corrected chi connectivity index (χ3v) is 5.10. The predicted octanol–water partition coefficient (Wildman–Crippen LogP) is 2.16. The largest absolute Gasteiger partial charge is 0.493 e. The molecule has 3 heterocycles. The summed E-state index contributed by atoms with van der Waals surface area (Å²) in [5.74, 6) is 0.0155. The van der Waals surface area contributed by atoms with Crippen LogP contribution in [0.15, 0.2) is 34.1 Å². The SMILES string of the molecule is O=c1sc(/C=C2\C=Nc3ccccc32)c(O)n1CN1CCOCC1. The zero-order valence-corrected chi connectivity index (χ0v) is 13.8. The van der Waals surface area contributed by atoms with Gasteiger partial charge < -0.3 is 9.84 Å². The van der Waals surface area contributed by atoms with Gasteiger partial charge in [0.25, 0.3) is 0 Å². The molecule has 1 aromatic carbocycles. The van der Waals surface area contributed by atoms with E-state index < -0.39 is 0 Å². The fraction of sp³-hybridized carbons (Fsp3) is 0.294. The molecule has 0 saturated carbocycles. The van der Waals surface area contributed by atoms with Crippen LogP contribution in [0.2, 0.25) is 0 Å². The van der Waals surface area contributed by atoms with Gasteiger partial charge in [-0.2, -0.15) is 0 Å². The second-order valence-corrected chi connectivity index (χ2v) is 6.72. The van der Waals surface area contributed by atoms with Crippen molar-refractivity contribution in [2.45, 2.75) is 6.67 Å². The number of hydrogen-bond donors (Lipinski definition) is 1. The number of para-hydroxylation sites is 1. The number of fused-ring (bicyclic) bond motifs is 1. The molecule has 0 bridgehead atoms. The highest BCUT2D eigenvalue weighted by Crippen LogP contribution is 2.34. The Morgan fingerprint density at radius 3 is 2.92 bits per heavy atom. The van der Waals surface area contributed by atoms with Crippen molar-refractivity contribution in [3.05, 3.63) is 44.4 Å². The summed E-state index contributed by atoms with van der Waals surface area (Å²) in [5.41, 5.74) is 2.82. The average molecular weight is 343 g/mol. The molecule has 0 atom stereocenters. The number of benzene rings is 1. The molecule has 1 saturated heterocycles. The number of morpholine rings is 1. The molecule has 2 aliphatic heterocycles. The van der Waals surface area contributed by atoms with Gasteiger partial charge in [0.15, 0.2) is 0 Å². The molecule has 24 heavy (non-hydrogen) atoms. The highest BCUT2D eigenvalue weighted by Gasteiger charge is 2.19. The number of aromatic hydroxyl groups is 1.